The van der Waals surface area contributed by atoms with Crippen molar-refractivity contribution in [2.24, 2.45) is 0 Å². The van der Waals surface area contributed by atoms with Crippen LogP contribution < -0.4 is 4.90 Å². The highest BCUT2D eigenvalue weighted by molar-refractivity contribution is 5.60. The summed E-state index contributed by atoms with van der Waals surface area (Å²) >= 11 is 0. The highest BCUT2D eigenvalue weighted by Gasteiger charge is 2.31. The molecular formula is C13H15F3N2O. The van der Waals surface area contributed by atoms with E-state index in [9.17, 15) is 18.3 Å². The van der Waals surface area contributed by atoms with Crippen molar-refractivity contribution >= 4 is 5.69 Å². The molecule has 0 saturated heterocycles. The third-order valence-corrected chi connectivity index (χ3v) is 2.74. The Morgan fingerprint density at radius 3 is 2.53 bits per heavy atom. The van der Waals surface area contributed by atoms with Gasteiger partial charge in [-0.15, -0.1) is 0 Å². The van der Waals surface area contributed by atoms with E-state index in [4.69, 9.17) is 5.26 Å². The Balaban J connectivity index is 3.00. The molecule has 0 amide bonds. The number of aliphatic hydroxyl groups excluding tert-OH is 1. The molecule has 0 spiro atoms. The van der Waals surface area contributed by atoms with Gasteiger partial charge in [0.2, 0.25) is 0 Å². The largest absolute Gasteiger partial charge is 0.416 e. The van der Waals surface area contributed by atoms with Crippen molar-refractivity contribution in [3.05, 3.63) is 29.3 Å². The zero-order valence-electron chi connectivity index (χ0n) is 10.7. The first kappa shape index (κ1) is 15.3. The van der Waals surface area contributed by atoms with Gasteiger partial charge in [-0.25, -0.2) is 0 Å². The minimum atomic E-state index is -4.46. The number of alkyl halides is 3. The summed E-state index contributed by atoms with van der Waals surface area (Å²) in [5, 5.41) is 18.1. The van der Waals surface area contributed by atoms with Crippen molar-refractivity contribution in [3.63, 3.8) is 0 Å². The molecule has 0 saturated carbocycles. The van der Waals surface area contributed by atoms with Crippen molar-refractivity contribution in [2.45, 2.75) is 25.6 Å². The molecule has 1 N–H and O–H groups in total. The van der Waals surface area contributed by atoms with Crippen LogP contribution in [0.15, 0.2) is 18.2 Å². The van der Waals surface area contributed by atoms with E-state index in [0.29, 0.717) is 18.7 Å². The number of aliphatic hydroxyl groups is 1. The summed E-state index contributed by atoms with van der Waals surface area (Å²) in [6.07, 6.45) is -4.48. The number of anilines is 1. The second-order valence-corrected chi connectivity index (χ2v) is 4.40. The van der Waals surface area contributed by atoms with Gasteiger partial charge in [-0.3, -0.25) is 0 Å². The standard InChI is InChI=1S/C13H15F3N2O/c1-9(19)5-6-18(2)12-4-3-11(13(14,15)16)7-10(12)8-17/h3-4,7,9,19H,5-6H2,1-2H3. The van der Waals surface area contributed by atoms with Gasteiger partial charge in [0, 0.05) is 13.6 Å². The molecule has 104 valence electrons. The number of nitriles is 1. The predicted molar refractivity (Wildman–Crippen MR) is 65.7 cm³/mol. The van der Waals surface area contributed by atoms with Crippen LogP contribution in [0.2, 0.25) is 0 Å². The molecule has 0 aliphatic carbocycles. The lowest BCUT2D eigenvalue weighted by atomic mass is 10.1. The van der Waals surface area contributed by atoms with Crippen molar-refractivity contribution in [1.29, 1.82) is 5.26 Å². The smallest absolute Gasteiger partial charge is 0.393 e. The van der Waals surface area contributed by atoms with Crippen LogP contribution in [0.3, 0.4) is 0 Å². The molecular weight excluding hydrogens is 257 g/mol. The van der Waals surface area contributed by atoms with E-state index in [1.165, 1.54) is 6.07 Å². The molecule has 1 aromatic carbocycles. The minimum absolute atomic E-state index is 0.0251. The topological polar surface area (TPSA) is 47.3 Å². The number of hydrogen-bond donors (Lipinski definition) is 1. The molecule has 0 aliphatic rings. The maximum Gasteiger partial charge on any atom is 0.416 e. The summed E-state index contributed by atoms with van der Waals surface area (Å²) in [5.74, 6) is 0. The van der Waals surface area contributed by atoms with Gasteiger partial charge in [-0.1, -0.05) is 0 Å². The normalized spacial score (nSPS) is 12.9. The Morgan fingerprint density at radius 1 is 1.42 bits per heavy atom. The monoisotopic (exact) mass is 272 g/mol. The molecule has 0 aromatic heterocycles. The van der Waals surface area contributed by atoms with Crippen LogP contribution in [0.25, 0.3) is 0 Å². The maximum atomic E-state index is 12.5. The summed E-state index contributed by atoms with van der Waals surface area (Å²) in [7, 11) is 1.67. The average molecular weight is 272 g/mol. The van der Waals surface area contributed by atoms with Crippen molar-refractivity contribution < 1.29 is 18.3 Å². The van der Waals surface area contributed by atoms with Crippen molar-refractivity contribution in [1.82, 2.24) is 0 Å². The lowest BCUT2D eigenvalue weighted by Gasteiger charge is -2.22. The van der Waals surface area contributed by atoms with Crippen LogP contribution in [0.4, 0.5) is 18.9 Å². The van der Waals surface area contributed by atoms with Crippen molar-refractivity contribution in [2.75, 3.05) is 18.5 Å². The van der Waals surface area contributed by atoms with Crippen LogP contribution in [0, 0.1) is 11.3 Å². The quantitative estimate of drug-likeness (QED) is 0.916. The molecule has 0 heterocycles. The van der Waals surface area contributed by atoms with Crippen LogP contribution in [-0.4, -0.2) is 24.8 Å². The molecule has 6 heteroatoms. The van der Waals surface area contributed by atoms with Gasteiger partial charge in [0.1, 0.15) is 6.07 Å². The zero-order valence-corrected chi connectivity index (χ0v) is 10.7. The van der Waals surface area contributed by atoms with Gasteiger partial charge in [-0.2, -0.15) is 18.4 Å². The highest BCUT2D eigenvalue weighted by Crippen LogP contribution is 2.32. The molecule has 3 nitrogen and oxygen atoms in total. The van der Waals surface area contributed by atoms with Gasteiger partial charge in [0.15, 0.2) is 0 Å². The van der Waals surface area contributed by atoms with Crippen molar-refractivity contribution in [3.8, 4) is 6.07 Å². The number of rotatable bonds is 4. The summed E-state index contributed by atoms with van der Waals surface area (Å²) in [6, 6.07) is 4.85. The van der Waals surface area contributed by atoms with Crippen LogP contribution in [-0.2, 0) is 6.18 Å². The fourth-order valence-corrected chi connectivity index (χ4v) is 1.64. The van der Waals surface area contributed by atoms with E-state index in [1.807, 2.05) is 0 Å². The summed E-state index contributed by atoms with van der Waals surface area (Å²) < 4.78 is 37.6. The Morgan fingerprint density at radius 2 is 2.05 bits per heavy atom. The van der Waals surface area contributed by atoms with E-state index in [-0.39, 0.29) is 5.56 Å². The number of hydrogen-bond acceptors (Lipinski definition) is 3. The van der Waals surface area contributed by atoms with Gasteiger partial charge >= 0.3 is 6.18 Å². The Kier molecular flexibility index (Phi) is 4.78. The molecule has 0 fully saturated rings. The maximum absolute atomic E-state index is 12.5. The third kappa shape index (κ3) is 4.14. The van der Waals surface area contributed by atoms with Crippen LogP contribution in [0.5, 0.6) is 0 Å². The second-order valence-electron chi connectivity index (χ2n) is 4.40. The SMILES string of the molecule is CC(O)CCN(C)c1ccc(C(F)(F)F)cc1C#N. The Hall–Kier alpha value is -1.74. The predicted octanol–water partition coefficient (Wildman–Crippen LogP) is 2.78. The summed E-state index contributed by atoms with van der Waals surface area (Å²) in [6.45, 7) is 2.09. The van der Waals surface area contributed by atoms with Gasteiger partial charge < -0.3 is 10.0 Å². The molecule has 0 aliphatic heterocycles. The molecule has 1 unspecified atom stereocenters. The molecule has 1 atom stereocenters. The fourth-order valence-electron chi connectivity index (χ4n) is 1.64. The fraction of sp³-hybridized carbons (Fsp3) is 0.462. The van der Waals surface area contributed by atoms with Crippen LogP contribution >= 0.6 is 0 Å². The number of benzene rings is 1. The van der Waals surface area contributed by atoms with E-state index in [0.717, 1.165) is 12.1 Å². The summed E-state index contributed by atoms with van der Waals surface area (Å²) in [4.78, 5) is 1.66. The van der Waals surface area contributed by atoms with Gasteiger partial charge in [0.05, 0.1) is 22.9 Å². The first-order valence-corrected chi connectivity index (χ1v) is 5.76. The average Bonchev–Trinajstić information content (AvgIpc) is 2.33. The van der Waals surface area contributed by atoms with Gasteiger partial charge in [0.25, 0.3) is 0 Å². The first-order chi connectivity index (χ1) is 8.75. The van der Waals surface area contributed by atoms with E-state index in [1.54, 1.807) is 24.9 Å². The van der Waals surface area contributed by atoms with Crippen LogP contribution in [0.1, 0.15) is 24.5 Å². The summed E-state index contributed by atoms with van der Waals surface area (Å²) in [5.41, 5.74) is -0.434. The van der Waals surface area contributed by atoms with Gasteiger partial charge in [-0.05, 0) is 31.5 Å². The Bertz CT molecular complexity index is 478. The molecule has 1 aromatic rings. The second kappa shape index (κ2) is 5.93. The van der Waals surface area contributed by atoms with E-state index < -0.39 is 17.8 Å². The van der Waals surface area contributed by atoms with E-state index >= 15 is 0 Å². The number of nitrogens with zero attached hydrogens (tertiary/aromatic N) is 2. The molecule has 0 radical (unpaired) electrons. The first-order valence-electron chi connectivity index (χ1n) is 5.76. The molecule has 0 bridgehead atoms. The lowest BCUT2D eigenvalue weighted by Crippen LogP contribution is -2.23. The Labute approximate surface area is 109 Å². The zero-order chi connectivity index (χ0) is 14.6. The number of halogens is 3. The lowest BCUT2D eigenvalue weighted by molar-refractivity contribution is -0.137. The molecule has 1 rings (SSSR count). The highest BCUT2D eigenvalue weighted by atomic mass is 19.4. The molecule has 19 heavy (non-hydrogen) atoms. The minimum Gasteiger partial charge on any atom is -0.393 e. The van der Waals surface area contributed by atoms with E-state index in [2.05, 4.69) is 0 Å². The third-order valence-electron chi connectivity index (χ3n) is 2.74.